The highest BCUT2D eigenvalue weighted by Crippen LogP contribution is 2.22. The summed E-state index contributed by atoms with van der Waals surface area (Å²) in [6.07, 6.45) is 15.1. The number of hydrogen-bond acceptors (Lipinski definition) is 1. The van der Waals surface area contributed by atoms with Gasteiger partial charge in [-0.1, -0.05) is 86.0 Å². The Labute approximate surface area is 148 Å². The molecule has 0 bridgehead atoms. The maximum atomic E-state index is 2.86. The van der Waals surface area contributed by atoms with Crippen LogP contribution in [0.5, 0.6) is 0 Å². The van der Waals surface area contributed by atoms with E-state index in [2.05, 4.69) is 46.4 Å². The number of unbranched alkanes of at least 4 members (excludes halogenated alkanes) is 3. The summed E-state index contributed by atoms with van der Waals surface area (Å²) in [5.74, 6) is 1.81. The van der Waals surface area contributed by atoms with Crippen molar-refractivity contribution in [1.29, 1.82) is 0 Å². The van der Waals surface area contributed by atoms with Crippen LogP contribution in [0.1, 0.15) is 112 Å². The molecule has 0 amide bonds. The highest BCUT2D eigenvalue weighted by molar-refractivity contribution is 4.75. The molecule has 0 aromatic carbocycles. The Morgan fingerprint density at radius 3 is 1.35 bits per heavy atom. The summed E-state index contributed by atoms with van der Waals surface area (Å²) in [7, 11) is 0. The van der Waals surface area contributed by atoms with Gasteiger partial charge in [0, 0.05) is 19.1 Å². The Morgan fingerprint density at radius 2 is 1.00 bits per heavy atom. The lowest BCUT2D eigenvalue weighted by Crippen LogP contribution is -2.40. The molecule has 0 aromatic rings. The van der Waals surface area contributed by atoms with Gasteiger partial charge in [0.25, 0.3) is 0 Å². The van der Waals surface area contributed by atoms with Gasteiger partial charge < -0.3 is 4.90 Å². The molecule has 3 atom stereocenters. The van der Waals surface area contributed by atoms with Crippen LogP contribution in [-0.2, 0) is 0 Å². The first kappa shape index (κ1) is 23.0. The number of rotatable bonds is 16. The van der Waals surface area contributed by atoms with Crippen molar-refractivity contribution in [2.24, 2.45) is 11.8 Å². The van der Waals surface area contributed by atoms with E-state index in [0.29, 0.717) is 0 Å². The van der Waals surface area contributed by atoms with Crippen LogP contribution in [0.3, 0.4) is 0 Å². The van der Waals surface area contributed by atoms with Gasteiger partial charge in [0.2, 0.25) is 0 Å². The van der Waals surface area contributed by atoms with Crippen LogP contribution < -0.4 is 0 Å². The second kappa shape index (κ2) is 15.5. The summed E-state index contributed by atoms with van der Waals surface area (Å²) in [5.41, 5.74) is 0. The van der Waals surface area contributed by atoms with E-state index in [-0.39, 0.29) is 0 Å². The summed E-state index contributed by atoms with van der Waals surface area (Å²) >= 11 is 0. The van der Waals surface area contributed by atoms with Crippen molar-refractivity contribution in [1.82, 2.24) is 4.90 Å². The van der Waals surface area contributed by atoms with E-state index in [1.807, 2.05) is 0 Å². The molecule has 140 valence electrons. The molecule has 3 unspecified atom stereocenters. The maximum absolute atomic E-state index is 2.86. The van der Waals surface area contributed by atoms with Gasteiger partial charge in [-0.3, -0.25) is 0 Å². The van der Waals surface area contributed by atoms with Gasteiger partial charge >= 0.3 is 0 Å². The van der Waals surface area contributed by atoms with Crippen LogP contribution in [0.25, 0.3) is 0 Å². The van der Waals surface area contributed by atoms with Crippen molar-refractivity contribution in [3.05, 3.63) is 0 Å². The van der Waals surface area contributed by atoms with Crippen molar-refractivity contribution in [2.75, 3.05) is 13.1 Å². The van der Waals surface area contributed by atoms with E-state index in [4.69, 9.17) is 0 Å². The first-order chi connectivity index (χ1) is 11.1. The zero-order chi connectivity index (χ0) is 17.5. The van der Waals surface area contributed by atoms with E-state index in [0.717, 1.165) is 17.9 Å². The molecule has 0 spiro atoms. The SMILES string of the molecule is CCCCC(CC)CN(CC(CC)CCCC)C(C)CCCC. The predicted molar refractivity (Wildman–Crippen MR) is 107 cm³/mol. The van der Waals surface area contributed by atoms with Crippen LogP contribution in [0.2, 0.25) is 0 Å². The molecule has 0 radical (unpaired) electrons. The van der Waals surface area contributed by atoms with E-state index in [1.165, 1.54) is 83.7 Å². The van der Waals surface area contributed by atoms with Gasteiger partial charge in [-0.05, 0) is 38.0 Å². The third-order valence-electron chi connectivity index (χ3n) is 5.67. The first-order valence-corrected chi connectivity index (χ1v) is 10.9. The highest BCUT2D eigenvalue weighted by Gasteiger charge is 2.20. The summed E-state index contributed by atoms with van der Waals surface area (Å²) in [6, 6.07) is 0.765. The topological polar surface area (TPSA) is 3.24 Å². The molecule has 23 heavy (non-hydrogen) atoms. The fraction of sp³-hybridized carbons (Fsp3) is 1.00. The quantitative estimate of drug-likeness (QED) is 0.288. The minimum atomic E-state index is 0.765. The van der Waals surface area contributed by atoms with Crippen LogP contribution in [-0.4, -0.2) is 24.0 Å². The van der Waals surface area contributed by atoms with Crippen LogP contribution >= 0.6 is 0 Å². The Morgan fingerprint density at radius 1 is 0.609 bits per heavy atom. The Hall–Kier alpha value is -0.0400. The summed E-state index contributed by atoms with van der Waals surface area (Å²) in [4.78, 5) is 2.86. The van der Waals surface area contributed by atoms with Crippen molar-refractivity contribution in [3.8, 4) is 0 Å². The molecule has 0 aromatic heterocycles. The molecular weight excluding hydrogens is 278 g/mol. The molecular formula is C22H47N. The van der Waals surface area contributed by atoms with Crippen molar-refractivity contribution >= 4 is 0 Å². The summed E-state index contributed by atoms with van der Waals surface area (Å²) < 4.78 is 0. The fourth-order valence-corrected chi connectivity index (χ4v) is 3.61. The molecule has 0 aliphatic carbocycles. The molecule has 0 aliphatic rings. The maximum Gasteiger partial charge on any atom is 0.00671 e. The Kier molecular flexibility index (Phi) is 15.5. The second-order valence-corrected chi connectivity index (χ2v) is 7.78. The normalized spacial score (nSPS) is 15.8. The monoisotopic (exact) mass is 325 g/mol. The lowest BCUT2D eigenvalue weighted by molar-refractivity contribution is 0.131. The average molecular weight is 326 g/mol. The van der Waals surface area contributed by atoms with Gasteiger partial charge in [0.15, 0.2) is 0 Å². The molecule has 0 rings (SSSR count). The molecule has 0 aliphatic heterocycles. The fourth-order valence-electron chi connectivity index (χ4n) is 3.61. The Bertz CT molecular complexity index is 220. The third kappa shape index (κ3) is 11.2. The smallest absolute Gasteiger partial charge is 0.00671 e. The molecule has 0 N–H and O–H groups in total. The average Bonchev–Trinajstić information content (AvgIpc) is 2.58. The molecule has 0 heterocycles. The van der Waals surface area contributed by atoms with E-state index in [1.54, 1.807) is 0 Å². The first-order valence-electron chi connectivity index (χ1n) is 10.9. The van der Waals surface area contributed by atoms with Gasteiger partial charge in [-0.25, -0.2) is 0 Å². The molecule has 0 saturated carbocycles. The summed E-state index contributed by atoms with van der Waals surface area (Å²) in [5, 5.41) is 0. The van der Waals surface area contributed by atoms with E-state index >= 15 is 0 Å². The number of nitrogens with zero attached hydrogens (tertiary/aromatic N) is 1. The van der Waals surface area contributed by atoms with Gasteiger partial charge in [-0.2, -0.15) is 0 Å². The highest BCUT2D eigenvalue weighted by atomic mass is 15.2. The van der Waals surface area contributed by atoms with Crippen molar-refractivity contribution in [2.45, 2.75) is 118 Å². The Balaban J connectivity index is 4.69. The zero-order valence-electron chi connectivity index (χ0n) is 17.4. The van der Waals surface area contributed by atoms with Crippen LogP contribution in [0, 0.1) is 11.8 Å². The second-order valence-electron chi connectivity index (χ2n) is 7.78. The van der Waals surface area contributed by atoms with Gasteiger partial charge in [0.05, 0.1) is 0 Å². The van der Waals surface area contributed by atoms with Gasteiger partial charge in [0.1, 0.15) is 0 Å². The summed E-state index contributed by atoms with van der Waals surface area (Å²) in [6.45, 7) is 16.9. The zero-order valence-corrected chi connectivity index (χ0v) is 17.4. The van der Waals surface area contributed by atoms with E-state index in [9.17, 15) is 0 Å². The minimum absolute atomic E-state index is 0.765. The van der Waals surface area contributed by atoms with Crippen LogP contribution in [0.15, 0.2) is 0 Å². The van der Waals surface area contributed by atoms with Gasteiger partial charge in [-0.15, -0.1) is 0 Å². The van der Waals surface area contributed by atoms with Crippen molar-refractivity contribution in [3.63, 3.8) is 0 Å². The lowest BCUT2D eigenvalue weighted by Gasteiger charge is -2.35. The molecule has 1 heteroatoms. The number of hydrogen-bond donors (Lipinski definition) is 0. The predicted octanol–water partition coefficient (Wildman–Crippen LogP) is 7.30. The standard InChI is InChI=1S/C22H47N/c1-7-12-15-20(6)23(18-21(10-4)16-13-8-2)19-22(11-5)17-14-9-3/h20-22H,7-19H2,1-6H3. The minimum Gasteiger partial charge on any atom is -0.300 e. The lowest BCUT2D eigenvalue weighted by atomic mass is 9.94. The third-order valence-corrected chi connectivity index (χ3v) is 5.67. The molecule has 1 nitrogen and oxygen atoms in total. The van der Waals surface area contributed by atoms with Crippen LogP contribution in [0.4, 0.5) is 0 Å². The molecule has 0 fully saturated rings. The van der Waals surface area contributed by atoms with E-state index < -0.39 is 0 Å². The largest absolute Gasteiger partial charge is 0.300 e. The molecule has 0 saturated heterocycles. The van der Waals surface area contributed by atoms with Crippen molar-refractivity contribution < 1.29 is 0 Å².